The molecule has 4 heterocycles. The quantitative estimate of drug-likeness (QED) is 0.457. The lowest BCUT2D eigenvalue weighted by Crippen LogP contribution is -2.29. The Bertz CT molecular complexity index is 1390. The van der Waals surface area contributed by atoms with Crippen molar-refractivity contribution in [2.75, 3.05) is 7.05 Å². The summed E-state index contributed by atoms with van der Waals surface area (Å²) >= 11 is 0. The van der Waals surface area contributed by atoms with Crippen LogP contribution in [0.15, 0.2) is 61.1 Å². The molecule has 0 saturated heterocycles. The van der Waals surface area contributed by atoms with Crippen LogP contribution in [0, 0.1) is 0 Å². The molecule has 0 spiro atoms. The molecule has 0 radical (unpaired) electrons. The van der Waals surface area contributed by atoms with Gasteiger partial charge in [0.25, 0.3) is 0 Å². The Balaban J connectivity index is 1.45. The van der Waals surface area contributed by atoms with E-state index < -0.39 is 0 Å². The highest BCUT2D eigenvalue weighted by Gasteiger charge is 2.26. The van der Waals surface area contributed by atoms with Gasteiger partial charge in [0.1, 0.15) is 0 Å². The number of H-pyrrole nitrogens is 1. The average molecular weight is 424 g/mol. The minimum atomic E-state index is 0.312. The van der Waals surface area contributed by atoms with Crippen LogP contribution in [0.5, 0.6) is 0 Å². The van der Waals surface area contributed by atoms with Gasteiger partial charge in [0.15, 0.2) is 0 Å². The van der Waals surface area contributed by atoms with E-state index >= 15 is 0 Å². The summed E-state index contributed by atoms with van der Waals surface area (Å²) < 4.78 is 2.34. The minimum Gasteiger partial charge on any atom is -0.333 e. The van der Waals surface area contributed by atoms with E-state index in [0.29, 0.717) is 12.6 Å². The molecule has 0 unspecified atom stereocenters. The predicted molar refractivity (Wildman–Crippen MR) is 124 cm³/mol. The Morgan fingerprint density at radius 3 is 2.91 bits per heavy atom. The van der Waals surface area contributed by atoms with Crippen molar-refractivity contribution < 1.29 is 0 Å². The first-order valence-corrected chi connectivity index (χ1v) is 11.1. The van der Waals surface area contributed by atoms with Gasteiger partial charge in [0, 0.05) is 35.2 Å². The molecule has 160 valence electrons. The zero-order valence-corrected chi connectivity index (χ0v) is 18.1. The van der Waals surface area contributed by atoms with Crippen molar-refractivity contribution in [3.63, 3.8) is 0 Å². The number of fused-ring (bicyclic) bond motifs is 4. The number of aromatic amines is 1. The number of nitrogens with zero attached hydrogens (tertiary/aromatic N) is 6. The number of benzene rings is 1. The number of hydrogen-bond acceptors (Lipinski definition) is 5. The second-order valence-corrected chi connectivity index (χ2v) is 8.61. The van der Waals surface area contributed by atoms with E-state index in [2.05, 4.69) is 68.3 Å². The van der Waals surface area contributed by atoms with Crippen LogP contribution in [0.4, 0.5) is 0 Å². The molecule has 1 aromatic carbocycles. The lowest BCUT2D eigenvalue weighted by Gasteiger charge is -2.32. The number of rotatable bonds is 5. The molecule has 1 atom stereocenters. The van der Waals surface area contributed by atoms with Crippen LogP contribution in [-0.4, -0.2) is 41.9 Å². The Morgan fingerprint density at radius 2 is 2.00 bits per heavy atom. The summed E-state index contributed by atoms with van der Waals surface area (Å²) in [5.74, 6) is 0. The number of hydrogen-bond donors (Lipinski definition) is 1. The van der Waals surface area contributed by atoms with Gasteiger partial charge in [-0.25, -0.2) is 0 Å². The van der Waals surface area contributed by atoms with E-state index in [1.165, 1.54) is 39.5 Å². The monoisotopic (exact) mass is 423 g/mol. The highest BCUT2D eigenvalue weighted by Crippen LogP contribution is 2.35. The Labute approximate surface area is 186 Å². The molecule has 6 rings (SSSR count). The number of pyridine rings is 2. The van der Waals surface area contributed by atoms with Gasteiger partial charge < -0.3 is 4.57 Å². The largest absolute Gasteiger partial charge is 0.333 e. The molecule has 0 aliphatic heterocycles. The SMILES string of the molecule is CN(Cc1nccc2c3ccccc3n(Cc3cnn[nH]3)c12)[C@H]1CCCc2cccnc21. The predicted octanol–water partition coefficient (Wildman–Crippen LogP) is 4.26. The zero-order chi connectivity index (χ0) is 21.5. The molecule has 1 aliphatic rings. The summed E-state index contributed by atoms with van der Waals surface area (Å²) in [7, 11) is 2.20. The normalized spacial score (nSPS) is 16.1. The van der Waals surface area contributed by atoms with Crippen LogP contribution in [0.2, 0.25) is 0 Å². The second-order valence-electron chi connectivity index (χ2n) is 8.61. The van der Waals surface area contributed by atoms with Crippen molar-refractivity contribution in [3.05, 3.63) is 83.7 Å². The van der Waals surface area contributed by atoms with E-state index in [1.54, 1.807) is 6.20 Å². The Hall–Kier alpha value is -3.58. The lowest BCUT2D eigenvalue weighted by molar-refractivity contribution is 0.207. The molecule has 1 N–H and O–H groups in total. The fraction of sp³-hybridized carbons (Fsp3) is 0.280. The highest BCUT2D eigenvalue weighted by atomic mass is 15.3. The minimum absolute atomic E-state index is 0.312. The molecule has 5 aromatic rings. The van der Waals surface area contributed by atoms with Crippen LogP contribution in [-0.2, 0) is 19.5 Å². The third-order valence-electron chi connectivity index (χ3n) is 6.64. The van der Waals surface area contributed by atoms with Gasteiger partial charge in [0.05, 0.1) is 41.4 Å². The Morgan fingerprint density at radius 1 is 1.06 bits per heavy atom. The van der Waals surface area contributed by atoms with Crippen LogP contribution < -0.4 is 0 Å². The molecule has 1 aliphatic carbocycles. The van der Waals surface area contributed by atoms with Crippen molar-refractivity contribution in [1.82, 2.24) is 34.8 Å². The van der Waals surface area contributed by atoms with Gasteiger partial charge >= 0.3 is 0 Å². The molecule has 0 fully saturated rings. The second kappa shape index (κ2) is 7.84. The van der Waals surface area contributed by atoms with Crippen molar-refractivity contribution >= 4 is 21.8 Å². The van der Waals surface area contributed by atoms with Gasteiger partial charge in [-0.15, -0.1) is 5.10 Å². The fourth-order valence-electron chi connectivity index (χ4n) is 5.18. The number of aryl methyl sites for hydroxylation is 1. The third kappa shape index (κ3) is 3.17. The first-order chi connectivity index (χ1) is 15.8. The first-order valence-electron chi connectivity index (χ1n) is 11.1. The maximum absolute atomic E-state index is 4.86. The maximum Gasteiger partial charge on any atom is 0.0786 e. The molecular formula is C25H25N7. The fourth-order valence-corrected chi connectivity index (χ4v) is 5.18. The standard InChI is InChI=1S/C25H25N7/c1-31(23-10-4-6-17-7-5-12-27-24(17)23)16-21-25-20(11-13-26-21)19-8-2-3-9-22(19)32(25)15-18-14-28-30-29-18/h2-3,5,7-9,11-14,23H,4,6,10,15-16H2,1H3,(H,28,29,30)/t23-/m0/s1. The van der Waals surface area contributed by atoms with Crippen molar-refractivity contribution in [2.24, 2.45) is 0 Å². The van der Waals surface area contributed by atoms with Gasteiger partial charge in [-0.1, -0.05) is 29.5 Å². The molecule has 0 saturated carbocycles. The average Bonchev–Trinajstić information content (AvgIpc) is 3.46. The van der Waals surface area contributed by atoms with Gasteiger partial charge in [-0.3, -0.25) is 20.0 Å². The third-order valence-corrected chi connectivity index (χ3v) is 6.64. The highest BCUT2D eigenvalue weighted by molar-refractivity contribution is 6.08. The van der Waals surface area contributed by atoms with E-state index in [9.17, 15) is 0 Å². The summed E-state index contributed by atoms with van der Waals surface area (Å²) in [5.41, 5.74) is 7.02. The van der Waals surface area contributed by atoms with E-state index in [0.717, 1.165) is 30.8 Å². The van der Waals surface area contributed by atoms with Gasteiger partial charge in [0.2, 0.25) is 0 Å². The molecule has 0 bridgehead atoms. The van der Waals surface area contributed by atoms with Gasteiger partial charge in [-0.05, 0) is 50.1 Å². The van der Waals surface area contributed by atoms with Crippen LogP contribution in [0.3, 0.4) is 0 Å². The summed E-state index contributed by atoms with van der Waals surface area (Å²) in [6.07, 6.45) is 9.08. The van der Waals surface area contributed by atoms with E-state index in [-0.39, 0.29) is 0 Å². The molecule has 4 aromatic heterocycles. The van der Waals surface area contributed by atoms with Crippen LogP contribution in [0.1, 0.15) is 41.5 Å². The Kier molecular flexibility index (Phi) is 4.69. The van der Waals surface area contributed by atoms with Crippen LogP contribution >= 0.6 is 0 Å². The van der Waals surface area contributed by atoms with Crippen LogP contribution in [0.25, 0.3) is 21.8 Å². The molecule has 32 heavy (non-hydrogen) atoms. The summed E-state index contributed by atoms with van der Waals surface area (Å²) in [4.78, 5) is 12.0. The number of para-hydroxylation sites is 1. The van der Waals surface area contributed by atoms with Crippen molar-refractivity contribution in [3.8, 4) is 0 Å². The number of aromatic nitrogens is 6. The molecule has 7 nitrogen and oxygen atoms in total. The maximum atomic E-state index is 4.86. The molecule has 7 heteroatoms. The van der Waals surface area contributed by atoms with Gasteiger partial charge in [-0.2, -0.15) is 0 Å². The topological polar surface area (TPSA) is 75.5 Å². The smallest absolute Gasteiger partial charge is 0.0786 e. The molecular weight excluding hydrogens is 398 g/mol. The molecule has 0 amide bonds. The summed E-state index contributed by atoms with van der Waals surface area (Å²) in [5, 5.41) is 13.3. The zero-order valence-electron chi connectivity index (χ0n) is 18.1. The van der Waals surface area contributed by atoms with E-state index in [1.807, 2.05) is 18.5 Å². The summed E-state index contributed by atoms with van der Waals surface area (Å²) in [6.45, 7) is 1.43. The summed E-state index contributed by atoms with van der Waals surface area (Å²) in [6, 6.07) is 15.3. The van der Waals surface area contributed by atoms with Crippen molar-refractivity contribution in [2.45, 2.75) is 38.4 Å². The lowest BCUT2D eigenvalue weighted by atomic mass is 9.91. The first kappa shape index (κ1) is 19.1. The number of nitrogens with one attached hydrogen (secondary N) is 1. The van der Waals surface area contributed by atoms with E-state index in [4.69, 9.17) is 9.97 Å². The van der Waals surface area contributed by atoms with Crippen molar-refractivity contribution in [1.29, 1.82) is 0 Å².